The predicted molar refractivity (Wildman–Crippen MR) is 119 cm³/mol. The second kappa shape index (κ2) is 9.85. The quantitative estimate of drug-likeness (QED) is 0.614. The minimum atomic E-state index is -0.929. The number of hydrogen-bond acceptors (Lipinski definition) is 4. The zero-order chi connectivity index (χ0) is 22.5. The molecule has 2 aromatic rings. The second-order valence-corrected chi connectivity index (χ2v) is 8.45. The first kappa shape index (κ1) is 21.9. The molecule has 2 aliphatic carbocycles. The van der Waals surface area contributed by atoms with E-state index in [-0.39, 0.29) is 43.4 Å². The number of benzene rings is 2. The molecule has 1 saturated carbocycles. The van der Waals surface area contributed by atoms with Gasteiger partial charge in [-0.1, -0.05) is 48.5 Å². The summed E-state index contributed by atoms with van der Waals surface area (Å²) in [4.78, 5) is 35.1. The second-order valence-electron chi connectivity index (χ2n) is 8.45. The van der Waals surface area contributed by atoms with Gasteiger partial charge in [-0.25, -0.2) is 4.79 Å². The van der Waals surface area contributed by atoms with Crippen molar-refractivity contribution in [1.82, 2.24) is 10.6 Å². The first-order valence-corrected chi connectivity index (χ1v) is 11.1. The van der Waals surface area contributed by atoms with Gasteiger partial charge in [-0.3, -0.25) is 9.59 Å². The third kappa shape index (κ3) is 4.93. The van der Waals surface area contributed by atoms with Gasteiger partial charge in [0.15, 0.2) is 0 Å². The van der Waals surface area contributed by atoms with Gasteiger partial charge in [0.2, 0.25) is 5.91 Å². The highest BCUT2D eigenvalue weighted by molar-refractivity contribution is 5.80. The molecule has 7 nitrogen and oxygen atoms in total. The van der Waals surface area contributed by atoms with E-state index in [0.29, 0.717) is 25.7 Å². The lowest BCUT2D eigenvalue weighted by Gasteiger charge is -2.28. The van der Waals surface area contributed by atoms with E-state index in [1.54, 1.807) is 0 Å². The Balaban J connectivity index is 1.24. The molecule has 32 heavy (non-hydrogen) atoms. The Hall–Kier alpha value is -3.35. The molecule has 0 aromatic heterocycles. The van der Waals surface area contributed by atoms with Gasteiger partial charge < -0.3 is 20.5 Å². The standard InChI is InChI=1S/C25H28N2O5/c28-23(29)13-14-26-24(30)16-9-11-17(12-10-16)27-25(31)32-15-22-20-7-3-1-5-18(20)19-6-2-4-8-21(19)22/h1-8,16-17,22H,9-15H2,(H,26,30)(H,27,31)(H,28,29). The van der Waals surface area contributed by atoms with E-state index in [9.17, 15) is 14.4 Å². The number of aliphatic carboxylic acids is 1. The maximum atomic E-state index is 12.4. The van der Waals surface area contributed by atoms with Crippen LogP contribution in [0.25, 0.3) is 11.1 Å². The van der Waals surface area contributed by atoms with E-state index in [1.165, 1.54) is 22.3 Å². The van der Waals surface area contributed by atoms with Crippen LogP contribution >= 0.6 is 0 Å². The summed E-state index contributed by atoms with van der Waals surface area (Å²) in [6.45, 7) is 0.424. The number of ether oxygens (including phenoxy) is 1. The minimum absolute atomic E-state index is 0.0197. The van der Waals surface area contributed by atoms with Crippen molar-refractivity contribution in [3.8, 4) is 11.1 Å². The van der Waals surface area contributed by atoms with Gasteiger partial charge in [0.25, 0.3) is 0 Å². The van der Waals surface area contributed by atoms with Gasteiger partial charge in [0, 0.05) is 24.4 Å². The Labute approximate surface area is 187 Å². The van der Waals surface area contributed by atoms with Crippen LogP contribution in [0.1, 0.15) is 49.1 Å². The number of carbonyl (C=O) groups excluding carboxylic acids is 2. The fourth-order valence-electron chi connectivity index (χ4n) is 4.74. The summed E-state index contributed by atoms with van der Waals surface area (Å²) < 4.78 is 5.61. The Bertz CT molecular complexity index is 952. The van der Waals surface area contributed by atoms with E-state index in [0.717, 1.165) is 0 Å². The highest BCUT2D eigenvalue weighted by Gasteiger charge is 2.30. The minimum Gasteiger partial charge on any atom is -0.481 e. The molecule has 2 aliphatic rings. The molecule has 3 N–H and O–H groups in total. The molecular weight excluding hydrogens is 408 g/mol. The van der Waals surface area contributed by atoms with Gasteiger partial charge in [-0.15, -0.1) is 0 Å². The number of carboxylic acid groups (broad SMARTS) is 1. The summed E-state index contributed by atoms with van der Waals surface area (Å²) in [5, 5.41) is 14.3. The number of rotatable bonds is 7. The molecule has 168 valence electrons. The Kier molecular flexibility index (Phi) is 6.73. The smallest absolute Gasteiger partial charge is 0.407 e. The summed E-state index contributed by atoms with van der Waals surface area (Å²) in [6, 6.07) is 16.4. The SMILES string of the molecule is O=C(O)CCNC(=O)C1CCC(NC(=O)OCC2c3ccccc3-c3ccccc32)CC1. The molecule has 1 fully saturated rings. The predicted octanol–water partition coefficient (Wildman–Crippen LogP) is 3.67. The van der Waals surface area contributed by atoms with E-state index in [1.807, 2.05) is 24.3 Å². The van der Waals surface area contributed by atoms with E-state index in [2.05, 4.69) is 34.9 Å². The number of nitrogens with one attached hydrogen (secondary N) is 2. The van der Waals surface area contributed by atoms with Crippen LogP contribution in [0.15, 0.2) is 48.5 Å². The molecule has 0 spiro atoms. The van der Waals surface area contributed by atoms with Gasteiger partial charge in [-0.2, -0.15) is 0 Å². The van der Waals surface area contributed by atoms with Gasteiger partial charge in [-0.05, 0) is 47.9 Å². The third-order valence-electron chi connectivity index (χ3n) is 6.40. The molecule has 0 aliphatic heterocycles. The van der Waals surface area contributed by atoms with Gasteiger partial charge in [0.05, 0.1) is 6.42 Å². The normalized spacial score (nSPS) is 19.5. The molecule has 0 saturated heterocycles. The van der Waals surface area contributed by atoms with Gasteiger partial charge >= 0.3 is 12.1 Å². The molecular formula is C25H28N2O5. The zero-order valence-corrected chi connectivity index (χ0v) is 17.9. The molecule has 0 heterocycles. The van der Waals surface area contributed by atoms with E-state index < -0.39 is 12.1 Å². The third-order valence-corrected chi connectivity index (χ3v) is 6.40. The van der Waals surface area contributed by atoms with Crippen LogP contribution in [0.5, 0.6) is 0 Å². The molecule has 4 rings (SSSR count). The van der Waals surface area contributed by atoms with Crippen LogP contribution in [-0.4, -0.2) is 42.3 Å². The molecule has 0 atom stereocenters. The molecule has 0 unspecified atom stereocenters. The molecule has 0 bridgehead atoms. The summed E-state index contributed by atoms with van der Waals surface area (Å²) in [7, 11) is 0. The average Bonchev–Trinajstić information content (AvgIpc) is 3.12. The van der Waals surface area contributed by atoms with Crippen molar-refractivity contribution >= 4 is 18.0 Å². The number of carboxylic acids is 1. The fourth-order valence-corrected chi connectivity index (χ4v) is 4.74. The summed E-state index contributed by atoms with van der Waals surface area (Å²) >= 11 is 0. The van der Waals surface area contributed by atoms with Crippen molar-refractivity contribution in [2.45, 2.75) is 44.1 Å². The molecule has 7 heteroatoms. The van der Waals surface area contributed by atoms with E-state index >= 15 is 0 Å². The Morgan fingerprint density at radius 2 is 1.50 bits per heavy atom. The number of carbonyl (C=O) groups is 3. The van der Waals surface area contributed by atoms with Crippen LogP contribution in [0.4, 0.5) is 4.79 Å². The number of amides is 2. The summed E-state index contributed by atoms with van der Waals surface area (Å²) in [5.74, 6) is -1.14. The number of fused-ring (bicyclic) bond motifs is 3. The maximum Gasteiger partial charge on any atom is 0.407 e. The van der Waals surface area contributed by atoms with Crippen LogP contribution in [0.3, 0.4) is 0 Å². The van der Waals surface area contributed by atoms with Crippen LogP contribution < -0.4 is 10.6 Å². The fraction of sp³-hybridized carbons (Fsp3) is 0.400. The van der Waals surface area contributed by atoms with Crippen molar-refractivity contribution in [2.24, 2.45) is 5.92 Å². The average molecular weight is 437 g/mol. The lowest BCUT2D eigenvalue weighted by atomic mass is 9.85. The van der Waals surface area contributed by atoms with Gasteiger partial charge in [0.1, 0.15) is 6.61 Å². The zero-order valence-electron chi connectivity index (χ0n) is 17.9. The van der Waals surface area contributed by atoms with Crippen molar-refractivity contribution in [1.29, 1.82) is 0 Å². The van der Waals surface area contributed by atoms with Crippen molar-refractivity contribution in [3.05, 3.63) is 59.7 Å². The Morgan fingerprint density at radius 1 is 0.906 bits per heavy atom. The van der Waals surface area contributed by atoms with Crippen LogP contribution in [0, 0.1) is 5.92 Å². The largest absolute Gasteiger partial charge is 0.481 e. The topological polar surface area (TPSA) is 105 Å². The van der Waals surface area contributed by atoms with Crippen LogP contribution in [0.2, 0.25) is 0 Å². The molecule has 2 amide bonds. The summed E-state index contributed by atoms with van der Waals surface area (Å²) in [6.07, 6.45) is 2.20. The van der Waals surface area contributed by atoms with Crippen molar-refractivity contribution < 1.29 is 24.2 Å². The highest BCUT2D eigenvalue weighted by Crippen LogP contribution is 2.44. The van der Waals surface area contributed by atoms with Crippen LogP contribution in [-0.2, 0) is 14.3 Å². The molecule has 0 radical (unpaired) electrons. The number of hydrogen-bond donors (Lipinski definition) is 3. The highest BCUT2D eigenvalue weighted by atomic mass is 16.5. The maximum absolute atomic E-state index is 12.4. The van der Waals surface area contributed by atoms with E-state index in [4.69, 9.17) is 9.84 Å². The Morgan fingerprint density at radius 3 is 2.09 bits per heavy atom. The first-order chi connectivity index (χ1) is 15.5. The summed E-state index contributed by atoms with van der Waals surface area (Å²) in [5.41, 5.74) is 4.74. The first-order valence-electron chi connectivity index (χ1n) is 11.1. The van der Waals surface area contributed by atoms with Crippen molar-refractivity contribution in [3.63, 3.8) is 0 Å². The lowest BCUT2D eigenvalue weighted by Crippen LogP contribution is -2.41. The number of alkyl carbamates (subject to hydrolysis) is 1. The monoisotopic (exact) mass is 436 g/mol. The molecule has 2 aromatic carbocycles. The van der Waals surface area contributed by atoms with Crippen molar-refractivity contribution in [2.75, 3.05) is 13.2 Å². The lowest BCUT2D eigenvalue weighted by molar-refractivity contribution is -0.137.